The van der Waals surface area contributed by atoms with Crippen molar-refractivity contribution in [2.45, 2.75) is 69.9 Å². The molecule has 8 N–H and O–H groups in total. The second-order valence-electron chi connectivity index (χ2n) is 15.9. The number of anilines is 6. The third-order valence-corrected chi connectivity index (χ3v) is 16.3. The van der Waals surface area contributed by atoms with Crippen LogP contribution in [0.25, 0.3) is 12.2 Å². The van der Waals surface area contributed by atoms with Gasteiger partial charge in [-0.15, -0.1) is 0 Å². The fraction of sp³-hybridized carbons (Fsp3) is 0.238. The molecule has 408 valence electrons. The molecule has 0 spiro atoms. The summed E-state index contributed by atoms with van der Waals surface area (Å²) in [5.74, 6) is -0.875. The van der Waals surface area contributed by atoms with E-state index in [0.29, 0.717) is 32.2 Å². The largest absolute Gasteiger partial charge is 0.341 e. The van der Waals surface area contributed by atoms with E-state index in [1.807, 2.05) is 0 Å². The Morgan fingerprint density at radius 3 is 1.34 bits per heavy atom. The number of aromatic nitrogens is 6. The first-order chi connectivity index (χ1) is 35.2. The highest BCUT2D eigenvalue weighted by Crippen LogP contribution is 2.31. The molecule has 0 unspecified atom stereocenters. The van der Waals surface area contributed by atoms with Gasteiger partial charge in [-0.05, 0) is 105 Å². The van der Waals surface area contributed by atoms with E-state index in [-0.39, 0.29) is 69.8 Å². The maximum Gasteiger partial charge on any atom is 0.296 e. The molecule has 0 radical (unpaired) electrons. The number of hydrogen-bond donors (Lipinski definition) is 8. The maximum absolute atomic E-state index is 12.8. The van der Waals surface area contributed by atoms with Crippen molar-refractivity contribution in [2.75, 3.05) is 46.6 Å². The van der Waals surface area contributed by atoms with Gasteiger partial charge in [0.05, 0.1) is 20.4 Å². The van der Waals surface area contributed by atoms with Crippen LogP contribution in [0, 0.1) is 0 Å². The highest BCUT2D eigenvalue weighted by atomic mass is 32.2. The molecule has 0 bridgehead atoms. The molecule has 0 aliphatic heterocycles. The third kappa shape index (κ3) is 14.6. The van der Waals surface area contributed by atoms with Gasteiger partial charge in [0.2, 0.25) is 23.8 Å². The van der Waals surface area contributed by atoms with Gasteiger partial charge in [-0.3, -0.25) is 27.3 Å². The Kier molecular flexibility index (Phi) is 17.3. The molecule has 0 saturated carbocycles. The Labute approximate surface area is 436 Å². The van der Waals surface area contributed by atoms with Crippen molar-refractivity contribution >= 4 is 108 Å². The van der Waals surface area contributed by atoms with E-state index < -0.39 is 102 Å². The lowest BCUT2D eigenvalue weighted by Gasteiger charge is -2.20. The summed E-state index contributed by atoms with van der Waals surface area (Å²) in [4.78, 5) is 24.9. The van der Waals surface area contributed by atoms with Crippen LogP contribution in [0.4, 0.5) is 35.2 Å². The summed E-state index contributed by atoms with van der Waals surface area (Å²) in [5, 5.41) is 5.31. The van der Waals surface area contributed by atoms with Crippen LogP contribution in [0.3, 0.4) is 0 Å². The molecule has 0 amide bonds. The van der Waals surface area contributed by atoms with Crippen molar-refractivity contribution in [2.24, 2.45) is 0 Å². The molecular formula is C42H46N10O18S6. The number of nitrogens with one attached hydrogen (secondary N) is 2. The summed E-state index contributed by atoms with van der Waals surface area (Å²) in [5.41, 5.74) is -1.19. The lowest BCUT2D eigenvalue weighted by atomic mass is 10.1. The Balaban J connectivity index is 1.35. The molecule has 6 rings (SSSR count). The fourth-order valence-electron chi connectivity index (χ4n) is 7.28. The standard InChI is InChI=1S/C42H46N10O18S6/c1-5-51(6-2)41-47-37(45-40(50-41)44-32-24-31(72(56,57)58)16-18-34(32)74(62,63)64)20-25-9-10-26(35(19-25)75(65,66)67)11-12-27-13-14-29(23-36(27)76(68,69)70)43-39-46-38(48-42(49-39)52(7-3)8-4)22-28-21-30(71(53,54)55)15-17-33(28)73(59,60)61/h9-19,21,23-24H,5-8,20,22H2,1-4H3,(H,53,54,55)(H,56,57,58)(H,59,60,61)(H,62,63,64)(H,65,66,67)(H,68,69,70)(H,43,46,48,49)(H,44,45,47,50)/b12-11+. The van der Waals surface area contributed by atoms with E-state index in [9.17, 15) is 77.8 Å². The minimum Gasteiger partial charge on any atom is -0.341 e. The van der Waals surface area contributed by atoms with Crippen LogP contribution in [0.1, 0.15) is 61.6 Å². The second-order valence-corrected chi connectivity index (χ2v) is 24.3. The first-order valence-electron chi connectivity index (χ1n) is 21.8. The molecular weight excluding hydrogens is 1120 g/mol. The van der Waals surface area contributed by atoms with Crippen LogP contribution in [0.2, 0.25) is 0 Å². The number of hydrogen-bond acceptors (Lipinski definition) is 22. The summed E-state index contributed by atoms with van der Waals surface area (Å²) in [7, 11) is -29.8. The summed E-state index contributed by atoms with van der Waals surface area (Å²) >= 11 is 0. The second kappa shape index (κ2) is 22.5. The maximum atomic E-state index is 12.8. The minimum absolute atomic E-state index is 0.0174. The monoisotopic (exact) mass is 1170 g/mol. The molecule has 0 fully saturated rings. The molecule has 0 aliphatic rings. The molecule has 76 heavy (non-hydrogen) atoms. The summed E-state index contributed by atoms with van der Waals surface area (Å²) < 4.78 is 208. The zero-order valence-electron chi connectivity index (χ0n) is 39.9. The van der Waals surface area contributed by atoms with Crippen LogP contribution in [0.15, 0.2) is 102 Å². The van der Waals surface area contributed by atoms with Gasteiger partial charge in [-0.1, -0.05) is 30.4 Å². The van der Waals surface area contributed by atoms with Gasteiger partial charge in [-0.25, -0.2) is 0 Å². The Bertz CT molecular complexity index is 3720. The van der Waals surface area contributed by atoms with Crippen molar-refractivity contribution in [1.29, 1.82) is 0 Å². The number of benzene rings is 4. The highest BCUT2D eigenvalue weighted by Gasteiger charge is 2.25. The van der Waals surface area contributed by atoms with Crippen molar-refractivity contribution in [1.82, 2.24) is 29.9 Å². The quantitative estimate of drug-likeness (QED) is 0.0351. The lowest BCUT2D eigenvalue weighted by molar-refractivity contribution is 0.477. The van der Waals surface area contributed by atoms with Gasteiger partial charge >= 0.3 is 0 Å². The first-order valence-corrected chi connectivity index (χ1v) is 30.5. The smallest absolute Gasteiger partial charge is 0.296 e. The van der Waals surface area contributed by atoms with Crippen LogP contribution in [-0.2, 0) is 73.6 Å². The van der Waals surface area contributed by atoms with Crippen molar-refractivity contribution in [3.63, 3.8) is 0 Å². The van der Waals surface area contributed by atoms with E-state index in [2.05, 4.69) is 40.5 Å². The minimum atomic E-state index is -5.08. The van der Waals surface area contributed by atoms with Crippen LogP contribution < -0.4 is 20.4 Å². The van der Waals surface area contributed by atoms with Gasteiger partial charge in [0.25, 0.3) is 60.7 Å². The van der Waals surface area contributed by atoms with Crippen molar-refractivity contribution in [3.05, 3.63) is 107 Å². The molecule has 0 atom stereocenters. The zero-order chi connectivity index (χ0) is 56.3. The molecule has 28 nitrogen and oxygen atoms in total. The van der Waals surface area contributed by atoms with Gasteiger partial charge in [-0.2, -0.15) is 80.4 Å². The van der Waals surface area contributed by atoms with E-state index in [1.165, 1.54) is 24.3 Å². The van der Waals surface area contributed by atoms with Gasteiger partial charge in [0.1, 0.15) is 26.3 Å². The third-order valence-electron chi connectivity index (χ3n) is 10.9. The molecule has 4 aromatic carbocycles. The predicted octanol–water partition coefficient (Wildman–Crippen LogP) is 4.07. The normalized spacial score (nSPS) is 12.7. The van der Waals surface area contributed by atoms with E-state index >= 15 is 0 Å². The molecule has 34 heteroatoms. The molecule has 2 heterocycles. The fourth-order valence-corrected chi connectivity index (χ4v) is 11.1. The molecule has 6 aromatic rings. The Morgan fingerprint density at radius 1 is 0.434 bits per heavy atom. The molecule has 2 aromatic heterocycles. The predicted molar refractivity (Wildman–Crippen MR) is 273 cm³/mol. The average Bonchev–Trinajstić information content (AvgIpc) is 3.30. The van der Waals surface area contributed by atoms with Crippen LogP contribution >= 0.6 is 0 Å². The molecule has 0 aliphatic carbocycles. The van der Waals surface area contributed by atoms with E-state index in [4.69, 9.17) is 0 Å². The van der Waals surface area contributed by atoms with Crippen molar-refractivity contribution in [3.8, 4) is 0 Å². The van der Waals surface area contributed by atoms with Crippen molar-refractivity contribution < 1.29 is 77.8 Å². The van der Waals surface area contributed by atoms with Gasteiger partial charge < -0.3 is 20.4 Å². The number of rotatable bonds is 22. The Hall–Kier alpha value is -6.70. The highest BCUT2D eigenvalue weighted by molar-refractivity contribution is 7.87. The van der Waals surface area contributed by atoms with Crippen LogP contribution in [-0.4, -0.2) is 134 Å². The SMILES string of the molecule is CCN(CC)c1nc(Cc2cc(S(=O)(=O)O)ccc2S(=O)(=O)O)nc(Nc2ccc(/C=C/c3ccc(Cc4nc(Nc5cc(S(=O)(=O)O)ccc5S(=O)(=O)O)nc(N(CC)CC)n4)cc3S(=O)(=O)O)c(S(=O)(=O)O)c2)n1. The average molecular weight is 1170 g/mol. The van der Waals surface area contributed by atoms with E-state index in [1.54, 1.807) is 37.5 Å². The first kappa shape index (κ1) is 58.6. The van der Waals surface area contributed by atoms with Gasteiger partial charge in [0, 0.05) is 44.7 Å². The molecule has 0 saturated heterocycles. The lowest BCUT2D eigenvalue weighted by Crippen LogP contribution is -2.25. The van der Waals surface area contributed by atoms with Crippen LogP contribution in [0.5, 0.6) is 0 Å². The summed E-state index contributed by atoms with van der Waals surface area (Å²) in [6.07, 6.45) is 1.39. The topological polar surface area (TPSA) is 434 Å². The Morgan fingerprint density at radius 2 is 0.868 bits per heavy atom. The van der Waals surface area contributed by atoms with Gasteiger partial charge in [0.15, 0.2) is 0 Å². The summed E-state index contributed by atoms with van der Waals surface area (Å²) in [6.45, 7) is 8.39. The number of nitrogens with zero attached hydrogens (tertiary/aromatic N) is 8. The van der Waals surface area contributed by atoms with E-state index in [0.717, 1.165) is 54.6 Å². The summed E-state index contributed by atoms with van der Waals surface area (Å²) in [6, 6.07) is 11.7. The zero-order valence-corrected chi connectivity index (χ0v) is 44.8.